The average molecular weight is 197 g/mol. The van der Waals surface area contributed by atoms with Crippen molar-refractivity contribution in [2.75, 3.05) is 0 Å². The van der Waals surface area contributed by atoms with Crippen molar-refractivity contribution >= 4 is 5.91 Å². The largest absolute Gasteiger partial charge is 0.379 e. The van der Waals surface area contributed by atoms with Gasteiger partial charge in [-0.25, -0.2) is 0 Å². The number of carbonyl (C=O) groups excluding carboxylic acids is 1. The van der Waals surface area contributed by atoms with Crippen LogP contribution in [-0.4, -0.2) is 27.9 Å². The van der Waals surface area contributed by atoms with Crippen molar-refractivity contribution in [2.24, 2.45) is 17.8 Å². The molecule has 5 atom stereocenters. The standard InChI is InChI=1S/C10H15NO3/c1-5-3-4-6(2)10(14)7(5)8(12)11-9(10)13/h3-8,12,14H,1-2H3,(H,11,13)/t5-,6+,7+,8+,10+/m1/s1. The Labute approximate surface area is 82.6 Å². The maximum absolute atomic E-state index is 11.5. The number of aliphatic hydroxyl groups is 2. The number of hydrogen-bond acceptors (Lipinski definition) is 3. The van der Waals surface area contributed by atoms with Crippen LogP contribution in [0, 0.1) is 17.8 Å². The number of fused-ring (bicyclic) bond motifs is 1. The lowest BCUT2D eigenvalue weighted by molar-refractivity contribution is -0.145. The van der Waals surface area contributed by atoms with Gasteiger partial charge in [0.2, 0.25) is 0 Å². The molecule has 0 bridgehead atoms. The first-order valence-corrected chi connectivity index (χ1v) is 4.87. The molecule has 1 heterocycles. The predicted octanol–water partition coefficient (Wildman–Crippen LogP) is -0.376. The van der Waals surface area contributed by atoms with Crippen molar-refractivity contribution < 1.29 is 15.0 Å². The summed E-state index contributed by atoms with van der Waals surface area (Å²) in [5, 5.41) is 22.3. The monoisotopic (exact) mass is 197 g/mol. The van der Waals surface area contributed by atoms with Gasteiger partial charge in [-0.1, -0.05) is 26.0 Å². The smallest absolute Gasteiger partial charge is 0.255 e. The number of rotatable bonds is 0. The van der Waals surface area contributed by atoms with Crippen LogP contribution < -0.4 is 5.32 Å². The highest BCUT2D eigenvalue weighted by Crippen LogP contribution is 2.42. The summed E-state index contributed by atoms with van der Waals surface area (Å²) in [5.74, 6) is -1.14. The fourth-order valence-corrected chi connectivity index (χ4v) is 2.54. The van der Waals surface area contributed by atoms with Crippen molar-refractivity contribution in [1.82, 2.24) is 5.32 Å². The lowest BCUT2D eigenvalue weighted by Gasteiger charge is -2.38. The van der Waals surface area contributed by atoms with Crippen LogP contribution in [0.1, 0.15) is 13.8 Å². The Morgan fingerprint density at radius 1 is 1.43 bits per heavy atom. The fourth-order valence-electron chi connectivity index (χ4n) is 2.54. The Bertz CT molecular complexity index is 302. The van der Waals surface area contributed by atoms with Crippen LogP contribution in [-0.2, 0) is 4.79 Å². The number of carbonyl (C=O) groups is 1. The topological polar surface area (TPSA) is 69.6 Å². The Hall–Kier alpha value is -0.870. The van der Waals surface area contributed by atoms with Crippen LogP contribution in [0.2, 0.25) is 0 Å². The zero-order valence-electron chi connectivity index (χ0n) is 8.27. The molecule has 2 aliphatic rings. The summed E-state index contributed by atoms with van der Waals surface area (Å²) in [5.41, 5.74) is -1.44. The quantitative estimate of drug-likeness (QED) is 0.464. The van der Waals surface area contributed by atoms with Crippen LogP contribution in [0.3, 0.4) is 0 Å². The summed E-state index contributed by atoms with van der Waals surface area (Å²) >= 11 is 0. The Morgan fingerprint density at radius 2 is 2.07 bits per heavy atom. The molecule has 1 amide bonds. The molecule has 78 valence electrons. The molecule has 0 aromatic heterocycles. The van der Waals surface area contributed by atoms with Gasteiger partial charge >= 0.3 is 0 Å². The molecule has 1 fully saturated rings. The number of allylic oxidation sites excluding steroid dienone is 1. The third-order valence-electron chi connectivity index (χ3n) is 3.46. The third-order valence-corrected chi connectivity index (χ3v) is 3.46. The first kappa shape index (κ1) is 9.68. The maximum Gasteiger partial charge on any atom is 0.255 e. The summed E-state index contributed by atoms with van der Waals surface area (Å²) in [4.78, 5) is 11.5. The van der Waals surface area contributed by atoms with Crippen molar-refractivity contribution in [1.29, 1.82) is 0 Å². The number of nitrogens with one attached hydrogen (secondary N) is 1. The van der Waals surface area contributed by atoms with Crippen molar-refractivity contribution in [3.8, 4) is 0 Å². The van der Waals surface area contributed by atoms with E-state index in [1.807, 2.05) is 19.1 Å². The molecular formula is C10H15NO3. The molecule has 0 aromatic carbocycles. The Morgan fingerprint density at radius 3 is 2.64 bits per heavy atom. The van der Waals surface area contributed by atoms with Gasteiger partial charge in [0.1, 0.15) is 6.23 Å². The van der Waals surface area contributed by atoms with Gasteiger partial charge < -0.3 is 15.5 Å². The highest BCUT2D eigenvalue weighted by atomic mass is 16.3. The van der Waals surface area contributed by atoms with E-state index >= 15 is 0 Å². The van der Waals surface area contributed by atoms with Gasteiger partial charge in [-0.15, -0.1) is 0 Å². The summed E-state index contributed by atoms with van der Waals surface area (Å²) in [6, 6.07) is 0. The van der Waals surface area contributed by atoms with Gasteiger partial charge in [0.25, 0.3) is 5.91 Å². The Kier molecular flexibility index (Phi) is 1.94. The average Bonchev–Trinajstić information content (AvgIpc) is 2.34. The van der Waals surface area contributed by atoms with Crippen LogP contribution in [0.5, 0.6) is 0 Å². The lowest BCUT2D eigenvalue weighted by atomic mass is 9.69. The first-order valence-electron chi connectivity index (χ1n) is 4.87. The molecular weight excluding hydrogens is 182 g/mol. The van der Waals surface area contributed by atoms with Crippen LogP contribution in [0.25, 0.3) is 0 Å². The molecule has 0 spiro atoms. The van der Waals surface area contributed by atoms with E-state index < -0.39 is 23.7 Å². The molecule has 14 heavy (non-hydrogen) atoms. The van der Waals surface area contributed by atoms with E-state index in [1.165, 1.54) is 0 Å². The van der Waals surface area contributed by atoms with E-state index in [1.54, 1.807) is 6.92 Å². The second-order valence-corrected chi connectivity index (χ2v) is 4.30. The third kappa shape index (κ3) is 0.980. The molecule has 1 aliphatic carbocycles. The molecule has 2 rings (SSSR count). The van der Waals surface area contributed by atoms with Crippen LogP contribution >= 0.6 is 0 Å². The maximum atomic E-state index is 11.5. The van der Waals surface area contributed by atoms with Gasteiger partial charge in [0, 0.05) is 11.8 Å². The normalized spacial score (nSPS) is 51.6. The lowest BCUT2D eigenvalue weighted by Crippen LogP contribution is -2.51. The van der Waals surface area contributed by atoms with Gasteiger partial charge in [-0.05, 0) is 5.92 Å². The SMILES string of the molecule is C[C@@H]1C=C[C@H](C)[C@@]2(O)C(=O)N[C@@H](O)[C@H]12. The fraction of sp³-hybridized carbons (Fsp3) is 0.700. The molecule has 0 unspecified atom stereocenters. The zero-order chi connectivity index (χ0) is 10.5. The number of hydrogen-bond donors (Lipinski definition) is 3. The number of aliphatic hydroxyl groups excluding tert-OH is 1. The summed E-state index contributed by atoms with van der Waals surface area (Å²) in [6.07, 6.45) is 2.83. The first-order chi connectivity index (χ1) is 6.48. The van der Waals surface area contributed by atoms with E-state index in [9.17, 15) is 15.0 Å². The van der Waals surface area contributed by atoms with E-state index in [-0.39, 0.29) is 11.8 Å². The van der Waals surface area contributed by atoms with Crippen LogP contribution in [0.15, 0.2) is 12.2 Å². The van der Waals surface area contributed by atoms with E-state index in [0.717, 1.165) is 0 Å². The Balaban J connectivity index is 2.46. The van der Waals surface area contributed by atoms with Crippen LogP contribution in [0.4, 0.5) is 0 Å². The highest BCUT2D eigenvalue weighted by molar-refractivity contribution is 5.89. The molecule has 3 N–H and O–H groups in total. The minimum atomic E-state index is -1.44. The second kappa shape index (κ2) is 2.81. The van der Waals surface area contributed by atoms with Crippen molar-refractivity contribution in [3.05, 3.63) is 12.2 Å². The minimum Gasteiger partial charge on any atom is -0.379 e. The van der Waals surface area contributed by atoms with Gasteiger partial charge in [-0.3, -0.25) is 4.79 Å². The molecule has 1 saturated heterocycles. The van der Waals surface area contributed by atoms with Crippen molar-refractivity contribution in [2.45, 2.75) is 25.7 Å². The van der Waals surface area contributed by atoms with Gasteiger partial charge in [0.05, 0.1) is 0 Å². The molecule has 0 saturated carbocycles. The molecule has 1 aliphatic heterocycles. The summed E-state index contributed by atoms with van der Waals surface area (Å²) in [7, 11) is 0. The van der Waals surface area contributed by atoms with Gasteiger partial charge in [0.15, 0.2) is 5.60 Å². The van der Waals surface area contributed by atoms with E-state index in [4.69, 9.17) is 0 Å². The minimum absolute atomic E-state index is 0.00477. The van der Waals surface area contributed by atoms with Crippen molar-refractivity contribution in [3.63, 3.8) is 0 Å². The molecule has 0 aromatic rings. The highest BCUT2D eigenvalue weighted by Gasteiger charge is 2.59. The molecule has 4 heteroatoms. The second-order valence-electron chi connectivity index (χ2n) is 4.30. The van der Waals surface area contributed by atoms with E-state index in [0.29, 0.717) is 0 Å². The molecule has 0 radical (unpaired) electrons. The predicted molar refractivity (Wildman–Crippen MR) is 50.1 cm³/mol. The van der Waals surface area contributed by atoms with Gasteiger partial charge in [-0.2, -0.15) is 0 Å². The summed E-state index contributed by atoms with van der Waals surface area (Å²) < 4.78 is 0. The number of amides is 1. The molecule has 4 nitrogen and oxygen atoms in total. The zero-order valence-corrected chi connectivity index (χ0v) is 8.27. The summed E-state index contributed by atoms with van der Waals surface area (Å²) in [6.45, 7) is 3.68. The van der Waals surface area contributed by atoms with E-state index in [2.05, 4.69) is 5.32 Å².